The van der Waals surface area contributed by atoms with Crippen molar-refractivity contribution < 1.29 is 23.8 Å². The maximum Gasteiger partial charge on any atom is 0.270 e. The van der Waals surface area contributed by atoms with Gasteiger partial charge in [-0.3, -0.25) is 19.8 Å². The first-order valence-electron chi connectivity index (χ1n) is 10.5. The number of rotatable bonds is 7. The molecule has 7 nitrogen and oxygen atoms in total. The summed E-state index contributed by atoms with van der Waals surface area (Å²) in [5, 5.41) is 3.08. The van der Waals surface area contributed by atoms with Crippen molar-refractivity contribution >= 4 is 52.5 Å². The fraction of sp³-hybridized carbons (Fsp3) is 0.115. The third-order valence-corrected chi connectivity index (χ3v) is 5.78. The van der Waals surface area contributed by atoms with Crippen LogP contribution in [0.1, 0.15) is 11.1 Å². The molecule has 4 rings (SSSR count). The van der Waals surface area contributed by atoms with E-state index in [4.69, 9.17) is 38.0 Å². The first-order chi connectivity index (χ1) is 16.9. The molecule has 3 aromatic carbocycles. The van der Waals surface area contributed by atoms with Crippen LogP contribution in [0.4, 0.5) is 5.69 Å². The van der Waals surface area contributed by atoms with E-state index in [0.29, 0.717) is 34.4 Å². The molecular formula is C26H21ClN2O5S. The molecule has 35 heavy (non-hydrogen) atoms. The molecule has 1 N–H and O–H groups in total. The lowest BCUT2D eigenvalue weighted by molar-refractivity contribution is -0.122. The second-order valence-electron chi connectivity index (χ2n) is 7.48. The highest BCUT2D eigenvalue weighted by molar-refractivity contribution is 7.80. The minimum absolute atomic E-state index is 0.000618. The Bertz CT molecular complexity index is 1310. The number of halogens is 1. The summed E-state index contributed by atoms with van der Waals surface area (Å²) in [6.45, 7) is 0.329. The highest BCUT2D eigenvalue weighted by Gasteiger charge is 2.34. The molecule has 0 saturated carbocycles. The Balaban J connectivity index is 1.56. The average molecular weight is 509 g/mol. The lowest BCUT2D eigenvalue weighted by Crippen LogP contribution is -2.54. The SMILES string of the molecule is COc1ccc(COc2ccc(/C=C3/C(=O)NC(=S)N(c4ccc(Cl)cc4)C3=O)cc2OC)cc1. The zero-order valence-electron chi connectivity index (χ0n) is 18.9. The molecule has 0 unspecified atom stereocenters. The Morgan fingerprint density at radius 2 is 1.66 bits per heavy atom. The maximum absolute atomic E-state index is 13.2. The zero-order valence-corrected chi connectivity index (χ0v) is 20.5. The highest BCUT2D eigenvalue weighted by Crippen LogP contribution is 2.31. The van der Waals surface area contributed by atoms with Crippen molar-refractivity contribution in [2.45, 2.75) is 6.61 Å². The molecule has 3 aromatic rings. The van der Waals surface area contributed by atoms with Gasteiger partial charge in [0.1, 0.15) is 17.9 Å². The predicted octanol–water partition coefficient (Wildman–Crippen LogP) is 4.77. The standard InChI is InChI=1S/C26H21ClN2O5S/c1-32-20-10-3-16(4-11-20)15-34-22-12-5-17(14-23(22)33-2)13-21-24(30)28-26(35)29(25(21)31)19-8-6-18(27)7-9-19/h3-14H,15H2,1-2H3,(H,28,30,35)/b21-13-. The molecule has 0 bridgehead atoms. The third kappa shape index (κ3) is 5.45. The number of nitrogens with zero attached hydrogens (tertiary/aromatic N) is 1. The number of methoxy groups -OCH3 is 2. The number of hydrogen-bond donors (Lipinski definition) is 1. The van der Waals surface area contributed by atoms with Crippen LogP contribution in [0.2, 0.25) is 5.02 Å². The Kier molecular flexibility index (Phi) is 7.33. The first kappa shape index (κ1) is 24.3. The van der Waals surface area contributed by atoms with Crippen molar-refractivity contribution in [3.8, 4) is 17.2 Å². The molecule has 1 aliphatic heterocycles. The number of thiocarbonyl (C=S) groups is 1. The summed E-state index contributed by atoms with van der Waals surface area (Å²) in [6, 6.07) is 19.3. The van der Waals surface area contributed by atoms with Gasteiger partial charge < -0.3 is 14.2 Å². The van der Waals surface area contributed by atoms with Crippen molar-refractivity contribution in [3.63, 3.8) is 0 Å². The van der Waals surface area contributed by atoms with Gasteiger partial charge in [0, 0.05) is 5.02 Å². The zero-order chi connectivity index (χ0) is 24.9. The van der Waals surface area contributed by atoms with Crippen LogP contribution in [0, 0.1) is 0 Å². The van der Waals surface area contributed by atoms with Crippen LogP contribution in [0.5, 0.6) is 17.2 Å². The van der Waals surface area contributed by atoms with Crippen LogP contribution in [0.25, 0.3) is 6.08 Å². The van der Waals surface area contributed by atoms with Crippen molar-refractivity contribution in [1.82, 2.24) is 5.32 Å². The molecule has 1 saturated heterocycles. The summed E-state index contributed by atoms with van der Waals surface area (Å²) in [5.74, 6) is 0.625. The van der Waals surface area contributed by atoms with Crippen LogP contribution < -0.4 is 24.4 Å². The van der Waals surface area contributed by atoms with Gasteiger partial charge in [-0.15, -0.1) is 0 Å². The van der Waals surface area contributed by atoms with E-state index in [0.717, 1.165) is 11.3 Å². The third-order valence-electron chi connectivity index (χ3n) is 5.24. The van der Waals surface area contributed by atoms with Gasteiger partial charge >= 0.3 is 0 Å². The Labute approximate surface area is 212 Å². The van der Waals surface area contributed by atoms with Gasteiger partial charge in [0.15, 0.2) is 16.6 Å². The van der Waals surface area contributed by atoms with E-state index in [2.05, 4.69) is 5.32 Å². The van der Waals surface area contributed by atoms with E-state index in [1.807, 2.05) is 24.3 Å². The summed E-state index contributed by atoms with van der Waals surface area (Å²) in [6.07, 6.45) is 1.48. The second kappa shape index (κ2) is 10.6. The molecule has 1 fully saturated rings. The van der Waals surface area contributed by atoms with E-state index in [1.165, 1.54) is 18.1 Å². The summed E-state index contributed by atoms with van der Waals surface area (Å²) in [7, 11) is 3.13. The van der Waals surface area contributed by atoms with Crippen LogP contribution >= 0.6 is 23.8 Å². The van der Waals surface area contributed by atoms with Gasteiger partial charge in [-0.1, -0.05) is 29.8 Å². The summed E-state index contributed by atoms with van der Waals surface area (Å²) in [4.78, 5) is 27.0. The van der Waals surface area contributed by atoms with Crippen molar-refractivity contribution in [1.29, 1.82) is 0 Å². The highest BCUT2D eigenvalue weighted by atomic mass is 35.5. The molecule has 178 valence electrons. The fourth-order valence-electron chi connectivity index (χ4n) is 3.42. The lowest BCUT2D eigenvalue weighted by atomic mass is 10.1. The average Bonchev–Trinajstić information content (AvgIpc) is 2.87. The normalized spacial score (nSPS) is 14.7. The van der Waals surface area contributed by atoms with Crippen molar-refractivity contribution in [2.24, 2.45) is 0 Å². The number of carbonyl (C=O) groups excluding carboxylic acids is 2. The number of anilines is 1. The number of hydrogen-bond acceptors (Lipinski definition) is 6. The summed E-state index contributed by atoms with van der Waals surface area (Å²) < 4.78 is 16.5. The molecule has 0 radical (unpaired) electrons. The van der Waals surface area contributed by atoms with Gasteiger partial charge in [0.05, 0.1) is 19.9 Å². The molecule has 0 spiro atoms. The molecule has 0 atom stereocenters. The Morgan fingerprint density at radius 1 is 0.943 bits per heavy atom. The van der Waals surface area contributed by atoms with Gasteiger partial charge in [-0.2, -0.15) is 0 Å². The maximum atomic E-state index is 13.2. The quantitative estimate of drug-likeness (QED) is 0.281. The monoisotopic (exact) mass is 508 g/mol. The number of nitrogens with one attached hydrogen (secondary N) is 1. The second-order valence-corrected chi connectivity index (χ2v) is 8.30. The fourth-order valence-corrected chi connectivity index (χ4v) is 3.83. The minimum atomic E-state index is -0.580. The number of amides is 2. The Morgan fingerprint density at radius 3 is 2.31 bits per heavy atom. The van der Waals surface area contributed by atoms with Crippen LogP contribution in [-0.2, 0) is 16.2 Å². The first-order valence-corrected chi connectivity index (χ1v) is 11.3. The minimum Gasteiger partial charge on any atom is -0.497 e. The van der Waals surface area contributed by atoms with Crippen LogP contribution in [-0.4, -0.2) is 31.1 Å². The molecule has 1 heterocycles. The largest absolute Gasteiger partial charge is 0.497 e. The predicted molar refractivity (Wildman–Crippen MR) is 138 cm³/mol. The lowest BCUT2D eigenvalue weighted by Gasteiger charge is -2.29. The molecular weight excluding hydrogens is 488 g/mol. The van der Waals surface area contributed by atoms with E-state index >= 15 is 0 Å². The van der Waals surface area contributed by atoms with Crippen molar-refractivity contribution in [3.05, 3.63) is 88.5 Å². The van der Waals surface area contributed by atoms with E-state index in [9.17, 15) is 9.59 Å². The molecule has 9 heteroatoms. The van der Waals surface area contributed by atoms with Gasteiger partial charge in [-0.25, -0.2) is 0 Å². The van der Waals surface area contributed by atoms with E-state index in [-0.39, 0.29) is 10.7 Å². The molecule has 0 aliphatic carbocycles. The smallest absolute Gasteiger partial charge is 0.270 e. The van der Waals surface area contributed by atoms with Gasteiger partial charge in [0.2, 0.25) is 0 Å². The van der Waals surface area contributed by atoms with Gasteiger partial charge in [-0.05, 0) is 78.0 Å². The topological polar surface area (TPSA) is 77.1 Å². The molecule has 1 aliphatic rings. The number of benzene rings is 3. The number of ether oxygens (including phenoxy) is 3. The van der Waals surface area contributed by atoms with Crippen LogP contribution in [0.15, 0.2) is 72.3 Å². The van der Waals surface area contributed by atoms with Gasteiger partial charge in [0.25, 0.3) is 11.8 Å². The summed E-state index contributed by atoms with van der Waals surface area (Å²) >= 11 is 11.2. The number of carbonyl (C=O) groups is 2. The van der Waals surface area contributed by atoms with Crippen LogP contribution in [0.3, 0.4) is 0 Å². The molecule has 2 amide bonds. The van der Waals surface area contributed by atoms with E-state index in [1.54, 1.807) is 49.6 Å². The molecule has 0 aromatic heterocycles. The summed E-state index contributed by atoms with van der Waals surface area (Å²) in [5.41, 5.74) is 1.97. The Hall–Kier alpha value is -3.88. The van der Waals surface area contributed by atoms with Crippen molar-refractivity contribution in [2.75, 3.05) is 19.1 Å². The van der Waals surface area contributed by atoms with E-state index < -0.39 is 11.8 Å².